The van der Waals surface area contributed by atoms with Crippen molar-refractivity contribution in [3.05, 3.63) is 0 Å². The number of primary amides is 1. The number of aliphatic imine (C=N–C) groups is 1. The molecule has 4 N–H and O–H groups in total. The molecule has 7 heteroatoms. The van der Waals surface area contributed by atoms with E-state index in [0.29, 0.717) is 31.8 Å². The van der Waals surface area contributed by atoms with Crippen molar-refractivity contribution in [2.45, 2.75) is 70.4 Å². The molecule has 26 heavy (non-hydrogen) atoms. The van der Waals surface area contributed by atoms with Crippen LogP contribution in [0, 0.1) is 0 Å². The molecule has 0 unspecified atom stereocenters. The largest absolute Gasteiger partial charge is 0.376 e. The van der Waals surface area contributed by atoms with E-state index >= 15 is 0 Å². The highest BCUT2D eigenvalue weighted by Crippen LogP contribution is 2.19. The molecule has 1 saturated heterocycles. The average Bonchev–Trinajstić information content (AvgIpc) is 2.89. The summed E-state index contributed by atoms with van der Waals surface area (Å²) in [6, 6.07) is 0.389. The normalized spacial score (nSPS) is 21.3. The first-order valence-corrected chi connectivity index (χ1v) is 10.3. The van der Waals surface area contributed by atoms with Crippen LogP contribution in [0.5, 0.6) is 0 Å². The van der Waals surface area contributed by atoms with E-state index in [0.717, 1.165) is 38.4 Å². The molecule has 1 amide bonds. The number of hydrogen-bond acceptors (Lipinski definition) is 4. The number of rotatable bonds is 8. The molecule has 2 fully saturated rings. The van der Waals surface area contributed by atoms with Gasteiger partial charge in [-0.2, -0.15) is 0 Å². The monoisotopic (exact) mass is 367 g/mol. The fourth-order valence-corrected chi connectivity index (χ4v) is 3.75. The summed E-state index contributed by atoms with van der Waals surface area (Å²) in [6.45, 7) is 6.45. The van der Waals surface area contributed by atoms with Gasteiger partial charge in [-0.25, -0.2) is 0 Å². The van der Waals surface area contributed by atoms with Crippen molar-refractivity contribution in [1.82, 2.24) is 15.5 Å². The topological polar surface area (TPSA) is 92.0 Å². The summed E-state index contributed by atoms with van der Waals surface area (Å²) in [6.07, 6.45) is 10.1. The standard InChI is InChI=1S/C19H37N5O2/c1-2-21-19(22-11-14-26-17-7-5-3-4-6-8-17)23-16-9-12-24(13-10-16)15-18(20)25/h16-17H,2-15H2,1H3,(H2,20,25)(H2,21,22,23). The Morgan fingerprint density at radius 3 is 2.46 bits per heavy atom. The van der Waals surface area contributed by atoms with Gasteiger partial charge in [-0.05, 0) is 32.6 Å². The van der Waals surface area contributed by atoms with Crippen molar-refractivity contribution in [2.24, 2.45) is 10.7 Å². The van der Waals surface area contributed by atoms with E-state index in [1.807, 2.05) is 0 Å². The summed E-state index contributed by atoms with van der Waals surface area (Å²) in [5.41, 5.74) is 5.27. The molecule has 0 aromatic rings. The summed E-state index contributed by atoms with van der Waals surface area (Å²) in [5.74, 6) is 0.616. The van der Waals surface area contributed by atoms with Crippen LogP contribution in [0.2, 0.25) is 0 Å². The Morgan fingerprint density at radius 1 is 1.15 bits per heavy atom. The number of amides is 1. The van der Waals surface area contributed by atoms with Gasteiger partial charge in [0.2, 0.25) is 5.91 Å². The van der Waals surface area contributed by atoms with Crippen molar-refractivity contribution < 1.29 is 9.53 Å². The second-order valence-electron chi connectivity index (χ2n) is 7.41. The van der Waals surface area contributed by atoms with E-state index in [2.05, 4.69) is 27.4 Å². The molecule has 1 aliphatic carbocycles. The van der Waals surface area contributed by atoms with Crippen LogP contribution >= 0.6 is 0 Å². The van der Waals surface area contributed by atoms with E-state index in [4.69, 9.17) is 10.5 Å². The van der Waals surface area contributed by atoms with Crippen LogP contribution in [0.1, 0.15) is 58.3 Å². The van der Waals surface area contributed by atoms with Crippen molar-refractivity contribution in [1.29, 1.82) is 0 Å². The molecular formula is C19H37N5O2. The Balaban J connectivity index is 1.68. The van der Waals surface area contributed by atoms with Crippen LogP contribution in [0.4, 0.5) is 0 Å². The van der Waals surface area contributed by atoms with Gasteiger partial charge in [0, 0.05) is 25.7 Å². The van der Waals surface area contributed by atoms with E-state index in [-0.39, 0.29) is 5.91 Å². The average molecular weight is 368 g/mol. The van der Waals surface area contributed by atoms with Gasteiger partial charge in [0.25, 0.3) is 0 Å². The number of hydrogen-bond donors (Lipinski definition) is 3. The Bertz CT molecular complexity index is 428. The minimum atomic E-state index is -0.250. The zero-order valence-corrected chi connectivity index (χ0v) is 16.3. The van der Waals surface area contributed by atoms with Crippen LogP contribution in [-0.4, -0.2) is 68.2 Å². The fraction of sp³-hybridized carbons (Fsp3) is 0.895. The molecule has 150 valence electrons. The van der Waals surface area contributed by atoms with Gasteiger partial charge in [0.05, 0.1) is 25.8 Å². The lowest BCUT2D eigenvalue weighted by Crippen LogP contribution is -2.49. The SMILES string of the molecule is CCNC(=NCCOC1CCCCCC1)NC1CCN(CC(N)=O)CC1. The third-order valence-corrected chi connectivity index (χ3v) is 5.17. The maximum absolute atomic E-state index is 11.0. The van der Waals surface area contributed by atoms with Gasteiger partial charge in [-0.15, -0.1) is 0 Å². The molecule has 0 atom stereocenters. The Labute approximate surface area is 158 Å². The molecule has 1 aliphatic heterocycles. The third kappa shape index (κ3) is 8.36. The number of nitrogens with zero attached hydrogens (tertiary/aromatic N) is 2. The summed E-state index contributed by atoms with van der Waals surface area (Å²) < 4.78 is 6.02. The first-order chi connectivity index (χ1) is 12.7. The lowest BCUT2D eigenvalue weighted by Gasteiger charge is -2.32. The first kappa shape index (κ1) is 21.0. The Hall–Kier alpha value is -1.34. The maximum atomic E-state index is 11.0. The number of likely N-dealkylation sites (tertiary alicyclic amines) is 1. The van der Waals surface area contributed by atoms with Gasteiger partial charge in [-0.1, -0.05) is 25.7 Å². The Kier molecular flexibility index (Phi) is 9.77. The summed E-state index contributed by atoms with van der Waals surface area (Å²) >= 11 is 0. The van der Waals surface area contributed by atoms with E-state index in [1.54, 1.807) is 0 Å². The van der Waals surface area contributed by atoms with E-state index < -0.39 is 0 Å². The fourth-order valence-electron chi connectivity index (χ4n) is 3.75. The highest BCUT2D eigenvalue weighted by Gasteiger charge is 2.20. The van der Waals surface area contributed by atoms with Crippen LogP contribution in [0.25, 0.3) is 0 Å². The zero-order chi connectivity index (χ0) is 18.6. The van der Waals surface area contributed by atoms with E-state index in [9.17, 15) is 4.79 Å². The molecule has 1 heterocycles. The van der Waals surface area contributed by atoms with Crippen LogP contribution < -0.4 is 16.4 Å². The smallest absolute Gasteiger partial charge is 0.231 e. The Morgan fingerprint density at radius 2 is 1.85 bits per heavy atom. The number of carbonyl (C=O) groups is 1. The first-order valence-electron chi connectivity index (χ1n) is 10.3. The minimum absolute atomic E-state index is 0.250. The molecule has 0 radical (unpaired) electrons. The zero-order valence-electron chi connectivity index (χ0n) is 16.3. The van der Waals surface area contributed by atoms with Gasteiger partial charge in [0.15, 0.2) is 5.96 Å². The molecule has 7 nitrogen and oxygen atoms in total. The van der Waals surface area contributed by atoms with Crippen LogP contribution in [0.3, 0.4) is 0 Å². The third-order valence-electron chi connectivity index (χ3n) is 5.17. The second kappa shape index (κ2) is 12.1. The van der Waals surface area contributed by atoms with Gasteiger partial charge in [0.1, 0.15) is 0 Å². The predicted octanol–water partition coefficient (Wildman–Crippen LogP) is 1.23. The van der Waals surface area contributed by atoms with Gasteiger partial charge < -0.3 is 21.1 Å². The van der Waals surface area contributed by atoms with Crippen molar-refractivity contribution in [3.8, 4) is 0 Å². The molecule has 1 saturated carbocycles. The molecule has 0 aromatic carbocycles. The molecule has 2 aliphatic rings. The molecule has 0 spiro atoms. The van der Waals surface area contributed by atoms with Gasteiger partial charge in [-0.3, -0.25) is 14.7 Å². The highest BCUT2D eigenvalue weighted by atomic mass is 16.5. The lowest BCUT2D eigenvalue weighted by atomic mass is 10.1. The van der Waals surface area contributed by atoms with Crippen molar-refractivity contribution in [3.63, 3.8) is 0 Å². The molecular weight excluding hydrogens is 330 g/mol. The highest BCUT2D eigenvalue weighted by molar-refractivity contribution is 5.80. The second-order valence-corrected chi connectivity index (χ2v) is 7.41. The summed E-state index contributed by atoms with van der Waals surface area (Å²) in [7, 11) is 0. The summed E-state index contributed by atoms with van der Waals surface area (Å²) in [5, 5.41) is 6.84. The maximum Gasteiger partial charge on any atom is 0.231 e. The minimum Gasteiger partial charge on any atom is -0.376 e. The molecule has 0 aromatic heterocycles. The van der Waals surface area contributed by atoms with Gasteiger partial charge >= 0.3 is 0 Å². The predicted molar refractivity (Wildman–Crippen MR) is 105 cm³/mol. The van der Waals surface area contributed by atoms with E-state index in [1.165, 1.54) is 38.5 Å². The summed E-state index contributed by atoms with van der Waals surface area (Å²) in [4.78, 5) is 17.8. The number of piperidine rings is 1. The number of ether oxygens (including phenoxy) is 1. The lowest BCUT2D eigenvalue weighted by molar-refractivity contribution is -0.119. The van der Waals surface area contributed by atoms with Crippen LogP contribution in [-0.2, 0) is 9.53 Å². The van der Waals surface area contributed by atoms with Crippen molar-refractivity contribution in [2.75, 3.05) is 39.3 Å². The quantitative estimate of drug-likeness (QED) is 0.260. The number of nitrogens with two attached hydrogens (primary N) is 1. The molecule has 2 rings (SSSR count). The van der Waals surface area contributed by atoms with Crippen molar-refractivity contribution >= 4 is 11.9 Å². The number of carbonyl (C=O) groups excluding carboxylic acids is 1. The number of guanidine groups is 1. The van der Waals surface area contributed by atoms with Crippen LogP contribution in [0.15, 0.2) is 4.99 Å². The molecule has 0 bridgehead atoms. The number of nitrogens with one attached hydrogen (secondary N) is 2.